The Labute approximate surface area is 115 Å². The molecule has 1 aromatic rings. The van der Waals surface area contributed by atoms with Gasteiger partial charge in [-0.1, -0.05) is 12.5 Å². The van der Waals surface area contributed by atoms with Crippen molar-refractivity contribution in [2.24, 2.45) is 11.1 Å². The third kappa shape index (κ3) is 2.66. The quantitative estimate of drug-likeness (QED) is 0.829. The smallest absolute Gasteiger partial charge is 0.167 e. The molecule has 1 aliphatic carbocycles. The predicted octanol–water partition coefficient (Wildman–Crippen LogP) is 3.01. The molecule has 1 aliphatic rings. The van der Waals surface area contributed by atoms with Crippen LogP contribution in [0.5, 0.6) is 5.75 Å². The molecule has 0 spiro atoms. The Morgan fingerprint density at radius 3 is 2.53 bits per heavy atom. The predicted molar refractivity (Wildman–Crippen MR) is 76.8 cm³/mol. The van der Waals surface area contributed by atoms with E-state index in [1.165, 1.54) is 6.42 Å². The van der Waals surface area contributed by atoms with Crippen LogP contribution in [0.25, 0.3) is 0 Å². The number of Topliss-reactive ketones (excluding diaryl/α,β-unsaturated/α-hetero) is 1. The second kappa shape index (κ2) is 5.33. The lowest BCUT2D eigenvalue weighted by molar-refractivity contribution is 0.0782. The van der Waals surface area contributed by atoms with Gasteiger partial charge >= 0.3 is 0 Å². The van der Waals surface area contributed by atoms with Crippen molar-refractivity contribution in [2.75, 3.05) is 13.7 Å². The summed E-state index contributed by atoms with van der Waals surface area (Å²) < 4.78 is 5.38. The summed E-state index contributed by atoms with van der Waals surface area (Å²) in [5.41, 5.74) is 8.72. The minimum atomic E-state index is 0.0411. The van der Waals surface area contributed by atoms with Crippen LogP contribution in [0, 0.1) is 19.3 Å². The van der Waals surface area contributed by atoms with Gasteiger partial charge in [0.2, 0.25) is 0 Å². The van der Waals surface area contributed by atoms with E-state index in [1.807, 2.05) is 26.0 Å². The van der Waals surface area contributed by atoms with Gasteiger partial charge in [0.05, 0.1) is 12.7 Å². The first-order valence-electron chi connectivity index (χ1n) is 6.90. The number of hydrogen-bond donors (Lipinski definition) is 1. The van der Waals surface area contributed by atoms with E-state index in [-0.39, 0.29) is 11.2 Å². The van der Waals surface area contributed by atoms with Gasteiger partial charge in [-0.15, -0.1) is 0 Å². The molecule has 0 aliphatic heterocycles. The molecule has 0 radical (unpaired) electrons. The average Bonchev–Trinajstić information content (AvgIpc) is 2.32. The fourth-order valence-electron chi connectivity index (χ4n) is 3.01. The van der Waals surface area contributed by atoms with E-state index in [9.17, 15) is 4.79 Å². The van der Waals surface area contributed by atoms with Crippen molar-refractivity contribution in [1.82, 2.24) is 0 Å². The summed E-state index contributed by atoms with van der Waals surface area (Å²) in [5.74, 6) is 0.855. The first-order valence-corrected chi connectivity index (χ1v) is 6.90. The number of rotatable bonds is 5. The summed E-state index contributed by atoms with van der Waals surface area (Å²) >= 11 is 0. The van der Waals surface area contributed by atoms with Crippen molar-refractivity contribution < 1.29 is 9.53 Å². The Kier molecular flexibility index (Phi) is 3.95. The van der Waals surface area contributed by atoms with Crippen LogP contribution in [0.15, 0.2) is 12.1 Å². The Balaban J connectivity index is 2.28. The van der Waals surface area contributed by atoms with Crippen molar-refractivity contribution >= 4 is 5.78 Å². The third-order valence-corrected chi connectivity index (χ3v) is 4.33. The van der Waals surface area contributed by atoms with Crippen LogP contribution in [0.1, 0.15) is 47.2 Å². The molecular formula is C16H23NO2. The first-order chi connectivity index (χ1) is 9.01. The van der Waals surface area contributed by atoms with Crippen LogP contribution in [-0.4, -0.2) is 19.4 Å². The summed E-state index contributed by atoms with van der Waals surface area (Å²) in [6.07, 6.45) is 3.88. The second-order valence-corrected chi connectivity index (χ2v) is 5.82. The standard InChI is InChI=1S/C16H23NO2/c1-11-7-12(2)15(14(8-11)19-3)13(18)9-16(10-17)5-4-6-16/h7-8H,4-6,9-10,17H2,1-3H3. The Bertz CT molecular complexity index is 484. The third-order valence-electron chi connectivity index (χ3n) is 4.33. The van der Waals surface area contributed by atoms with E-state index in [1.54, 1.807) is 7.11 Å². The molecule has 0 amide bonds. The second-order valence-electron chi connectivity index (χ2n) is 5.82. The molecule has 0 unspecified atom stereocenters. The maximum atomic E-state index is 12.6. The largest absolute Gasteiger partial charge is 0.496 e. The monoisotopic (exact) mass is 261 g/mol. The molecule has 1 fully saturated rings. The minimum Gasteiger partial charge on any atom is -0.496 e. The molecule has 0 saturated heterocycles. The number of carbonyl (C=O) groups is 1. The molecule has 1 saturated carbocycles. The van der Waals surface area contributed by atoms with Crippen LogP contribution < -0.4 is 10.5 Å². The highest BCUT2D eigenvalue weighted by atomic mass is 16.5. The number of nitrogens with two attached hydrogens (primary N) is 1. The van der Waals surface area contributed by atoms with Crippen molar-refractivity contribution in [3.05, 3.63) is 28.8 Å². The zero-order valence-electron chi connectivity index (χ0n) is 12.1. The van der Waals surface area contributed by atoms with Gasteiger partial charge in [0.15, 0.2) is 5.78 Å². The summed E-state index contributed by atoms with van der Waals surface area (Å²) in [7, 11) is 1.62. The zero-order chi connectivity index (χ0) is 14.0. The van der Waals surface area contributed by atoms with Gasteiger partial charge in [-0.05, 0) is 55.8 Å². The van der Waals surface area contributed by atoms with Crippen LogP contribution in [0.3, 0.4) is 0 Å². The summed E-state index contributed by atoms with van der Waals surface area (Å²) in [5, 5.41) is 0. The van der Waals surface area contributed by atoms with Gasteiger partial charge in [0.1, 0.15) is 5.75 Å². The fourth-order valence-corrected chi connectivity index (χ4v) is 3.01. The Hall–Kier alpha value is -1.35. The average molecular weight is 261 g/mol. The fraction of sp³-hybridized carbons (Fsp3) is 0.562. The number of ether oxygens (including phenoxy) is 1. The maximum Gasteiger partial charge on any atom is 0.167 e. The molecular weight excluding hydrogens is 238 g/mol. The molecule has 0 bridgehead atoms. The van der Waals surface area contributed by atoms with Gasteiger partial charge in [0.25, 0.3) is 0 Å². The van der Waals surface area contributed by atoms with E-state index < -0.39 is 0 Å². The van der Waals surface area contributed by atoms with Crippen molar-refractivity contribution in [2.45, 2.75) is 39.5 Å². The molecule has 0 aromatic heterocycles. The van der Waals surface area contributed by atoms with E-state index in [0.29, 0.717) is 18.7 Å². The van der Waals surface area contributed by atoms with Crippen LogP contribution in [-0.2, 0) is 0 Å². The molecule has 19 heavy (non-hydrogen) atoms. The highest BCUT2D eigenvalue weighted by Crippen LogP contribution is 2.44. The van der Waals surface area contributed by atoms with Gasteiger partial charge in [-0.25, -0.2) is 0 Å². The van der Waals surface area contributed by atoms with E-state index >= 15 is 0 Å². The van der Waals surface area contributed by atoms with E-state index in [2.05, 4.69) is 0 Å². The number of ketones is 1. The zero-order valence-corrected chi connectivity index (χ0v) is 12.1. The number of hydrogen-bond acceptors (Lipinski definition) is 3. The number of benzene rings is 1. The van der Waals surface area contributed by atoms with Gasteiger partial charge in [0, 0.05) is 6.42 Å². The number of aryl methyl sites for hydroxylation is 2. The van der Waals surface area contributed by atoms with Crippen molar-refractivity contribution in [3.63, 3.8) is 0 Å². The lowest BCUT2D eigenvalue weighted by atomic mass is 9.65. The molecule has 1 aromatic carbocycles. The Morgan fingerprint density at radius 1 is 1.37 bits per heavy atom. The van der Waals surface area contributed by atoms with Gasteiger partial charge in [-0.2, -0.15) is 0 Å². The van der Waals surface area contributed by atoms with Crippen LogP contribution in [0.2, 0.25) is 0 Å². The minimum absolute atomic E-state index is 0.0411. The highest BCUT2D eigenvalue weighted by Gasteiger charge is 2.38. The number of methoxy groups -OCH3 is 1. The highest BCUT2D eigenvalue weighted by molar-refractivity contribution is 6.00. The van der Waals surface area contributed by atoms with Gasteiger partial charge in [-0.3, -0.25) is 4.79 Å². The van der Waals surface area contributed by atoms with E-state index in [4.69, 9.17) is 10.5 Å². The lowest BCUT2D eigenvalue weighted by Crippen LogP contribution is -2.39. The van der Waals surface area contributed by atoms with Gasteiger partial charge < -0.3 is 10.5 Å². The van der Waals surface area contributed by atoms with Crippen LogP contribution >= 0.6 is 0 Å². The molecule has 2 rings (SSSR count). The molecule has 0 heterocycles. The number of carbonyl (C=O) groups excluding carboxylic acids is 1. The summed E-state index contributed by atoms with van der Waals surface area (Å²) in [4.78, 5) is 12.6. The first kappa shape index (κ1) is 14.1. The van der Waals surface area contributed by atoms with Crippen molar-refractivity contribution in [1.29, 1.82) is 0 Å². The summed E-state index contributed by atoms with van der Waals surface area (Å²) in [6.45, 7) is 4.59. The van der Waals surface area contributed by atoms with Crippen molar-refractivity contribution in [3.8, 4) is 5.75 Å². The summed E-state index contributed by atoms with van der Waals surface area (Å²) in [6, 6.07) is 3.96. The molecule has 3 heteroatoms. The molecule has 104 valence electrons. The normalized spacial score (nSPS) is 16.8. The molecule has 2 N–H and O–H groups in total. The molecule has 0 atom stereocenters. The Morgan fingerprint density at radius 2 is 2.05 bits per heavy atom. The molecule has 3 nitrogen and oxygen atoms in total. The van der Waals surface area contributed by atoms with E-state index in [0.717, 1.165) is 29.5 Å². The SMILES string of the molecule is COc1cc(C)cc(C)c1C(=O)CC1(CN)CCC1. The maximum absolute atomic E-state index is 12.6. The topological polar surface area (TPSA) is 52.3 Å². The lowest BCUT2D eigenvalue weighted by Gasteiger charge is -2.40. The van der Waals surface area contributed by atoms with Crippen LogP contribution in [0.4, 0.5) is 0 Å².